The first-order chi connectivity index (χ1) is 9.74. The van der Waals surface area contributed by atoms with Crippen molar-refractivity contribution in [2.45, 2.75) is 38.6 Å². The largest absolute Gasteiger partial charge is 0.340 e. The van der Waals surface area contributed by atoms with Gasteiger partial charge in [-0.2, -0.15) is 4.98 Å². The Hall–Kier alpha value is -1.76. The second kappa shape index (κ2) is 5.70. The molecular weight excluding hydrogens is 276 g/mol. The second-order valence-electron chi connectivity index (χ2n) is 4.90. The highest BCUT2D eigenvalue weighted by Crippen LogP contribution is 2.30. The van der Waals surface area contributed by atoms with Crippen LogP contribution >= 0.6 is 11.3 Å². The van der Waals surface area contributed by atoms with Crippen molar-refractivity contribution in [3.8, 4) is 0 Å². The average molecular weight is 292 g/mol. The molecule has 0 aromatic carbocycles. The summed E-state index contributed by atoms with van der Waals surface area (Å²) in [6.45, 7) is 2.54. The zero-order valence-corrected chi connectivity index (χ0v) is 12.1. The van der Waals surface area contributed by atoms with E-state index in [0.717, 1.165) is 25.1 Å². The number of hydrogen-bond acceptors (Lipinski definition) is 6. The third kappa shape index (κ3) is 2.72. The Morgan fingerprint density at radius 1 is 1.60 bits per heavy atom. The summed E-state index contributed by atoms with van der Waals surface area (Å²) in [6.07, 6.45) is 3.07. The fourth-order valence-electron chi connectivity index (χ4n) is 2.52. The summed E-state index contributed by atoms with van der Waals surface area (Å²) in [5, 5.41) is 5.93. The monoisotopic (exact) mass is 292 g/mol. The summed E-state index contributed by atoms with van der Waals surface area (Å²) in [4.78, 5) is 22.7. The summed E-state index contributed by atoms with van der Waals surface area (Å²) in [6, 6.07) is -0.0321. The third-order valence-electron chi connectivity index (χ3n) is 3.49. The van der Waals surface area contributed by atoms with Gasteiger partial charge in [0.05, 0.1) is 17.2 Å². The number of likely N-dealkylation sites (tertiary alicyclic amines) is 1. The molecule has 0 N–H and O–H groups in total. The molecule has 3 heterocycles. The molecule has 7 heteroatoms. The first-order valence-electron chi connectivity index (χ1n) is 6.71. The van der Waals surface area contributed by atoms with Gasteiger partial charge in [0.1, 0.15) is 0 Å². The van der Waals surface area contributed by atoms with Crippen LogP contribution in [0.1, 0.15) is 42.7 Å². The van der Waals surface area contributed by atoms with E-state index in [1.54, 1.807) is 23.8 Å². The molecule has 106 valence electrons. The maximum absolute atomic E-state index is 12.3. The zero-order chi connectivity index (χ0) is 13.9. The van der Waals surface area contributed by atoms with E-state index in [1.165, 1.54) is 0 Å². The minimum absolute atomic E-state index is 0.0321. The molecule has 2 aromatic heterocycles. The van der Waals surface area contributed by atoms with E-state index in [0.29, 0.717) is 24.6 Å². The summed E-state index contributed by atoms with van der Waals surface area (Å²) in [7, 11) is 0. The van der Waals surface area contributed by atoms with Gasteiger partial charge in [-0.15, -0.1) is 11.3 Å². The Morgan fingerprint density at radius 3 is 3.20 bits per heavy atom. The van der Waals surface area contributed by atoms with Gasteiger partial charge in [-0.1, -0.05) is 5.16 Å². The topological polar surface area (TPSA) is 72.1 Å². The fraction of sp³-hybridized carbons (Fsp3) is 0.538. The molecule has 2 aromatic rings. The predicted octanol–water partition coefficient (Wildman–Crippen LogP) is 2.13. The van der Waals surface area contributed by atoms with E-state index < -0.39 is 0 Å². The van der Waals surface area contributed by atoms with Crippen LogP contribution in [0.15, 0.2) is 15.4 Å². The van der Waals surface area contributed by atoms with Crippen molar-refractivity contribution in [2.75, 3.05) is 6.54 Å². The van der Waals surface area contributed by atoms with Gasteiger partial charge in [-0.3, -0.25) is 4.79 Å². The lowest BCUT2D eigenvalue weighted by atomic mass is 10.2. The van der Waals surface area contributed by atoms with Gasteiger partial charge >= 0.3 is 0 Å². The molecule has 1 aliphatic rings. The SMILES string of the molecule is Cc1nc([C@H]2CCCN2C(=O)CCc2cscn2)no1. The molecule has 0 aliphatic carbocycles. The molecule has 0 radical (unpaired) electrons. The lowest BCUT2D eigenvalue weighted by Crippen LogP contribution is -2.31. The second-order valence-corrected chi connectivity index (χ2v) is 5.62. The molecule has 0 spiro atoms. The number of thiazole rings is 1. The maximum Gasteiger partial charge on any atom is 0.223 e. The van der Waals surface area contributed by atoms with E-state index in [2.05, 4.69) is 15.1 Å². The molecule has 0 bridgehead atoms. The van der Waals surface area contributed by atoms with Gasteiger partial charge in [0, 0.05) is 25.3 Å². The molecule has 1 atom stereocenters. The summed E-state index contributed by atoms with van der Waals surface area (Å²) >= 11 is 1.56. The molecule has 20 heavy (non-hydrogen) atoms. The first kappa shape index (κ1) is 13.2. The zero-order valence-electron chi connectivity index (χ0n) is 11.3. The van der Waals surface area contributed by atoms with Crippen LogP contribution in [0.5, 0.6) is 0 Å². The van der Waals surface area contributed by atoms with Crippen molar-refractivity contribution in [1.29, 1.82) is 0 Å². The fourth-order valence-corrected chi connectivity index (χ4v) is 3.12. The van der Waals surface area contributed by atoms with Crippen LogP contribution in [0.25, 0.3) is 0 Å². The van der Waals surface area contributed by atoms with E-state index in [9.17, 15) is 4.79 Å². The Morgan fingerprint density at radius 2 is 2.50 bits per heavy atom. The van der Waals surface area contributed by atoms with E-state index in [-0.39, 0.29) is 11.9 Å². The Balaban J connectivity index is 1.64. The highest BCUT2D eigenvalue weighted by molar-refractivity contribution is 7.07. The minimum Gasteiger partial charge on any atom is -0.340 e. The number of carbonyl (C=O) groups excluding carboxylic acids is 1. The van der Waals surface area contributed by atoms with Crippen LogP contribution in [-0.2, 0) is 11.2 Å². The van der Waals surface area contributed by atoms with Gasteiger partial charge in [0.15, 0.2) is 5.82 Å². The highest BCUT2D eigenvalue weighted by Gasteiger charge is 2.32. The number of amides is 1. The molecule has 3 rings (SSSR count). The van der Waals surface area contributed by atoms with Crippen LogP contribution in [0, 0.1) is 6.92 Å². The number of aryl methyl sites for hydroxylation is 2. The first-order valence-corrected chi connectivity index (χ1v) is 7.65. The van der Waals surface area contributed by atoms with Gasteiger partial charge in [-0.25, -0.2) is 4.98 Å². The van der Waals surface area contributed by atoms with Crippen molar-refractivity contribution in [3.05, 3.63) is 28.3 Å². The van der Waals surface area contributed by atoms with Crippen molar-refractivity contribution in [2.24, 2.45) is 0 Å². The van der Waals surface area contributed by atoms with Crippen LogP contribution in [0.3, 0.4) is 0 Å². The van der Waals surface area contributed by atoms with Crippen molar-refractivity contribution in [3.63, 3.8) is 0 Å². The Labute approximate surface area is 120 Å². The summed E-state index contributed by atoms with van der Waals surface area (Å²) in [5.74, 6) is 1.31. The Bertz CT molecular complexity index is 581. The average Bonchev–Trinajstić information content (AvgIpc) is 3.16. The molecule has 6 nitrogen and oxygen atoms in total. The predicted molar refractivity (Wildman–Crippen MR) is 73.2 cm³/mol. The number of carbonyl (C=O) groups is 1. The molecule has 1 fully saturated rings. The lowest BCUT2D eigenvalue weighted by Gasteiger charge is -2.22. The van der Waals surface area contributed by atoms with Crippen molar-refractivity contribution < 1.29 is 9.32 Å². The van der Waals surface area contributed by atoms with Crippen LogP contribution in [0.2, 0.25) is 0 Å². The number of nitrogens with zero attached hydrogens (tertiary/aromatic N) is 4. The van der Waals surface area contributed by atoms with Crippen LogP contribution < -0.4 is 0 Å². The molecule has 1 saturated heterocycles. The Kier molecular flexibility index (Phi) is 3.77. The van der Waals surface area contributed by atoms with Gasteiger partial charge in [0.2, 0.25) is 11.8 Å². The lowest BCUT2D eigenvalue weighted by molar-refractivity contribution is -0.132. The van der Waals surface area contributed by atoms with Gasteiger partial charge in [-0.05, 0) is 19.3 Å². The van der Waals surface area contributed by atoms with Crippen LogP contribution in [0.4, 0.5) is 0 Å². The number of hydrogen-bond donors (Lipinski definition) is 0. The quantitative estimate of drug-likeness (QED) is 0.863. The smallest absolute Gasteiger partial charge is 0.223 e. The molecule has 1 aliphatic heterocycles. The molecule has 1 amide bonds. The molecule has 0 saturated carbocycles. The van der Waals surface area contributed by atoms with E-state index in [4.69, 9.17) is 4.52 Å². The van der Waals surface area contributed by atoms with E-state index >= 15 is 0 Å². The summed E-state index contributed by atoms with van der Waals surface area (Å²) in [5.41, 5.74) is 2.77. The van der Waals surface area contributed by atoms with Crippen molar-refractivity contribution >= 4 is 17.2 Å². The maximum atomic E-state index is 12.3. The van der Waals surface area contributed by atoms with Crippen molar-refractivity contribution in [1.82, 2.24) is 20.0 Å². The van der Waals surface area contributed by atoms with Gasteiger partial charge < -0.3 is 9.42 Å². The molecule has 0 unspecified atom stereocenters. The normalized spacial score (nSPS) is 18.6. The van der Waals surface area contributed by atoms with E-state index in [1.807, 2.05) is 10.3 Å². The number of rotatable bonds is 4. The minimum atomic E-state index is -0.0321. The highest BCUT2D eigenvalue weighted by atomic mass is 32.1. The standard InChI is InChI=1S/C13H16N4O2S/c1-9-15-13(16-19-9)11-3-2-6-17(11)12(18)5-4-10-7-20-8-14-10/h7-8,11H,2-6H2,1H3/t11-/m1/s1. The third-order valence-corrected chi connectivity index (χ3v) is 4.13. The number of aromatic nitrogens is 3. The molecular formula is C13H16N4O2S. The summed E-state index contributed by atoms with van der Waals surface area (Å²) < 4.78 is 5.02. The van der Waals surface area contributed by atoms with Gasteiger partial charge in [0.25, 0.3) is 0 Å². The van der Waals surface area contributed by atoms with Crippen LogP contribution in [-0.4, -0.2) is 32.5 Å².